The minimum Gasteiger partial charge on any atom is -0.342 e. The molecule has 1 N–H and O–H groups in total. The smallest absolute Gasteiger partial charge is 0.240 e. The summed E-state index contributed by atoms with van der Waals surface area (Å²) in [5.41, 5.74) is 1.85. The average Bonchev–Trinajstić information content (AvgIpc) is 3.05. The van der Waals surface area contributed by atoms with E-state index in [1.807, 2.05) is 4.90 Å². The molecule has 2 aromatic carbocycles. The van der Waals surface area contributed by atoms with Gasteiger partial charge in [-0.15, -0.1) is 0 Å². The van der Waals surface area contributed by atoms with Crippen LogP contribution in [0.4, 0.5) is 0 Å². The number of rotatable bonds is 7. The molecule has 5 nitrogen and oxygen atoms in total. The zero-order valence-electron chi connectivity index (χ0n) is 14.3. The van der Waals surface area contributed by atoms with Crippen LogP contribution >= 0.6 is 11.6 Å². The van der Waals surface area contributed by atoms with Crippen LogP contribution in [0.5, 0.6) is 0 Å². The fourth-order valence-corrected chi connectivity index (χ4v) is 4.05. The number of hydrogen-bond acceptors (Lipinski definition) is 3. The highest BCUT2D eigenvalue weighted by molar-refractivity contribution is 7.89. The molecule has 2 aromatic rings. The summed E-state index contributed by atoms with van der Waals surface area (Å²) in [6, 6.07) is 13.8. The molecule has 0 unspecified atom stereocenters. The monoisotopic (exact) mass is 392 g/mol. The first-order chi connectivity index (χ1) is 12.4. The molecule has 0 radical (unpaired) electrons. The Morgan fingerprint density at radius 2 is 1.65 bits per heavy atom. The number of halogens is 1. The van der Waals surface area contributed by atoms with Crippen LogP contribution in [-0.2, 0) is 27.8 Å². The maximum absolute atomic E-state index is 12.4. The molecule has 0 aromatic heterocycles. The Morgan fingerprint density at radius 1 is 1.00 bits per heavy atom. The number of sulfonamides is 1. The Kier molecular flexibility index (Phi) is 5.96. The van der Waals surface area contributed by atoms with Gasteiger partial charge in [-0.05, 0) is 48.2 Å². The number of benzene rings is 2. The highest BCUT2D eigenvalue weighted by atomic mass is 35.5. The summed E-state index contributed by atoms with van der Waals surface area (Å²) in [5, 5.41) is 0.614. The van der Waals surface area contributed by atoms with E-state index in [2.05, 4.69) is 4.72 Å². The van der Waals surface area contributed by atoms with Crippen molar-refractivity contribution in [2.24, 2.45) is 0 Å². The summed E-state index contributed by atoms with van der Waals surface area (Å²) in [7, 11) is -3.57. The predicted molar refractivity (Wildman–Crippen MR) is 101 cm³/mol. The molecule has 26 heavy (non-hydrogen) atoms. The van der Waals surface area contributed by atoms with Gasteiger partial charge in [-0.1, -0.05) is 35.9 Å². The fourth-order valence-electron chi connectivity index (χ4n) is 2.90. The molecule has 3 rings (SSSR count). The van der Waals surface area contributed by atoms with Gasteiger partial charge in [-0.25, -0.2) is 13.1 Å². The van der Waals surface area contributed by atoms with Crippen molar-refractivity contribution in [3.8, 4) is 0 Å². The number of amides is 1. The normalized spacial score (nSPS) is 14.8. The van der Waals surface area contributed by atoms with Crippen LogP contribution in [0, 0.1) is 0 Å². The van der Waals surface area contributed by atoms with Crippen LogP contribution < -0.4 is 4.72 Å². The lowest BCUT2D eigenvalue weighted by Crippen LogP contribution is -2.27. The van der Waals surface area contributed by atoms with Crippen LogP contribution in [0.3, 0.4) is 0 Å². The molecule has 138 valence electrons. The second-order valence-electron chi connectivity index (χ2n) is 6.33. The molecule has 1 aliphatic rings. The molecule has 1 heterocycles. The first-order valence-corrected chi connectivity index (χ1v) is 10.4. The van der Waals surface area contributed by atoms with Crippen molar-refractivity contribution >= 4 is 27.5 Å². The van der Waals surface area contributed by atoms with Crippen LogP contribution in [0.1, 0.15) is 24.0 Å². The van der Waals surface area contributed by atoms with Gasteiger partial charge >= 0.3 is 0 Å². The van der Waals surface area contributed by atoms with Crippen LogP contribution in [0.2, 0.25) is 5.02 Å². The Hall–Kier alpha value is -1.89. The maximum atomic E-state index is 12.4. The minimum atomic E-state index is -3.57. The van der Waals surface area contributed by atoms with Gasteiger partial charge in [-0.2, -0.15) is 0 Å². The molecule has 0 spiro atoms. The van der Waals surface area contributed by atoms with Crippen molar-refractivity contribution in [3.63, 3.8) is 0 Å². The van der Waals surface area contributed by atoms with E-state index in [1.165, 1.54) is 0 Å². The number of hydrogen-bond donors (Lipinski definition) is 1. The maximum Gasteiger partial charge on any atom is 0.240 e. The lowest BCUT2D eigenvalue weighted by molar-refractivity contribution is -0.127. The van der Waals surface area contributed by atoms with E-state index in [9.17, 15) is 13.2 Å². The van der Waals surface area contributed by atoms with E-state index >= 15 is 0 Å². The molecule has 1 aliphatic heterocycles. The predicted octanol–water partition coefficient (Wildman–Crippen LogP) is 2.98. The largest absolute Gasteiger partial charge is 0.342 e. The van der Waals surface area contributed by atoms with E-state index in [4.69, 9.17) is 11.6 Å². The Bertz CT molecular complexity index is 865. The fraction of sp³-hybridized carbons (Fsp3) is 0.316. The van der Waals surface area contributed by atoms with Crippen molar-refractivity contribution in [1.82, 2.24) is 9.62 Å². The second kappa shape index (κ2) is 8.20. The molecule has 1 amide bonds. The molecule has 1 saturated heterocycles. The summed E-state index contributed by atoms with van der Waals surface area (Å²) in [6.45, 7) is 1.71. The summed E-state index contributed by atoms with van der Waals surface area (Å²) in [6.07, 6.45) is 2.29. The van der Waals surface area contributed by atoms with Gasteiger partial charge in [0.1, 0.15) is 0 Å². The van der Waals surface area contributed by atoms with E-state index in [-0.39, 0.29) is 17.3 Å². The Morgan fingerprint density at radius 3 is 2.27 bits per heavy atom. The first kappa shape index (κ1) is 18.9. The summed E-state index contributed by atoms with van der Waals surface area (Å²) in [4.78, 5) is 13.7. The zero-order valence-corrected chi connectivity index (χ0v) is 15.9. The molecule has 0 saturated carbocycles. The Balaban J connectivity index is 1.57. The zero-order chi connectivity index (χ0) is 18.6. The van der Waals surface area contributed by atoms with Gasteiger partial charge in [0.15, 0.2) is 0 Å². The van der Waals surface area contributed by atoms with Crippen molar-refractivity contribution < 1.29 is 13.2 Å². The second-order valence-corrected chi connectivity index (χ2v) is 8.53. The topological polar surface area (TPSA) is 66.5 Å². The van der Waals surface area contributed by atoms with Crippen molar-refractivity contribution in [2.45, 2.75) is 30.7 Å². The number of carbonyl (C=O) groups is 1. The SMILES string of the molecule is O=C1CCCN1CCc1ccc(S(=O)(=O)NCc2ccc(Cl)cc2)cc1. The van der Waals surface area contributed by atoms with Crippen molar-refractivity contribution in [2.75, 3.05) is 13.1 Å². The first-order valence-electron chi connectivity index (χ1n) is 8.55. The third-order valence-corrected chi connectivity index (χ3v) is 6.12. The van der Waals surface area contributed by atoms with Gasteiger partial charge in [0.05, 0.1) is 4.90 Å². The molecule has 7 heteroatoms. The molecule has 0 bridgehead atoms. The van der Waals surface area contributed by atoms with Gasteiger partial charge in [0.2, 0.25) is 15.9 Å². The number of carbonyl (C=O) groups excluding carboxylic acids is 1. The summed E-state index contributed by atoms with van der Waals surface area (Å²) < 4.78 is 27.4. The molecular formula is C19H21ClN2O3S. The highest BCUT2D eigenvalue weighted by Crippen LogP contribution is 2.15. The Labute approximate surface area is 159 Å². The van der Waals surface area contributed by atoms with Gasteiger partial charge < -0.3 is 4.90 Å². The lowest BCUT2D eigenvalue weighted by Gasteiger charge is -2.15. The quantitative estimate of drug-likeness (QED) is 0.787. The van der Waals surface area contributed by atoms with Crippen LogP contribution in [0.25, 0.3) is 0 Å². The minimum absolute atomic E-state index is 0.204. The highest BCUT2D eigenvalue weighted by Gasteiger charge is 2.19. The van der Waals surface area contributed by atoms with Crippen molar-refractivity contribution in [1.29, 1.82) is 0 Å². The lowest BCUT2D eigenvalue weighted by atomic mass is 10.1. The van der Waals surface area contributed by atoms with E-state index in [0.717, 1.165) is 30.5 Å². The van der Waals surface area contributed by atoms with E-state index in [1.54, 1.807) is 48.5 Å². The summed E-state index contributed by atoms with van der Waals surface area (Å²) >= 11 is 5.83. The third kappa shape index (κ3) is 4.84. The molecule has 1 fully saturated rings. The van der Waals surface area contributed by atoms with Crippen molar-refractivity contribution in [3.05, 3.63) is 64.7 Å². The molecule has 0 aliphatic carbocycles. The van der Waals surface area contributed by atoms with E-state index < -0.39 is 10.0 Å². The molecular weight excluding hydrogens is 372 g/mol. The number of likely N-dealkylation sites (tertiary alicyclic amines) is 1. The number of nitrogens with one attached hydrogen (secondary N) is 1. The van der Waals surface area contributed by atoms with E-state index in [0.29, 0.717) is 18.0 Å². The van der Waals surface area contributed by atoms with Crippen LogP contribution in [-0.4, -0.2) is 32.3 Å². The third-order valence-electron chi connectivity index (χ3n) is 4.45. The van der Waals surface area contributed by atoms with Gasteiger partial charge in [0.25, 0.3) is 0 Å². The average molecular weight is 393 g/mol. The number of nitrogens with zero attached hydrogens (tertiary/aromatic N) is 1. The van der Waals surface area contributed by atoms with Crippen LogP contribution in [0.15, 0.2) is 53.4 Å². The van der Waals surface area contributed by atoms with Gasteiger partial charge in [-0.3, -0.25) is 4.79 Å². The summed E-state index contributed by atoms with van der Waals surface area (Å²) in [5.74, 6) is 0.204. The molecule has 0 atom stereocenters. The van der Waals surface area contributed by atoms with Gasteiger partial charge in [0, 0.05) is 31.1 Å². The standard InChI is InChI=1S/C19H21ClN2O3S/c20-17-7-3-16(4-8-17)14-21-26(24,25)18-9-5-15(6-10-18)11-13-22-12-1-2-19(22)23/h3-10,21H,1-2,11-14H2.